The highest BCUT2D eigenvalue weighted by atomic mass is 16.3. The fourth-order valence-corrected chi connectivity index (χ4v) is 3.65. The predicted octanol–water partition coefficient (Wildman–Crippen LogP) is 1.93. The van der Waals surface area contributed by atoms with Crippen molar-refractivity contribution in [2.75, 3.05) is 0 Å². The molecule has 1 aliphatic carbocycles. The van der Waals surface area contributed by atoms with E-state index in [0.717, 1.165) is 18.5 Å². The Kier molecular flexibility index (Phi) is 3.02. The summed E-state index contributed by atoms with van der Waals surface area (Å²) in [5.74, 6) is 0.570. The molecule has 2 atom stereocenters. The summed E-state index contributed by atoms with van der Waals surface area (Å²) in [6, 6.07) is 0. The highest BCUT2D eigenvalue weighted by molar-refractivity contribution is 5.03. The van der Waals surface area contributed by atoms with Gasteiger partial charge in [0.2, 0.25) is 0 Å². The van der Waals surface area contributed by atoms with Crippen molar-refractivity contribution in [2.24, 2.45) is 18.4 Å². The summed E-state index contributed by atoms with van der Waals surface area (Å²) >= 11 is 0. The second kappa shape index (κ2) is 4.09. The van der Waals surface area contributed by atoms with E-state index in [1.165, 1.54) is 6.42 Å². The number of aromatic nitrogens is 3. The topological polar surface area (TPSA) is 50.9 Å². The van der Waals surface area contributed by atoms with Crippen LogP contribution >= 0.6 is 0 Å². The molecule has 0 radical (unpaired) electrons. The van der Waals surface area contributed by atoms with Crippen molar-refractivity contribution in [2.45, 2.75) is 52.1 Å². The quantitative estimate of drug-likeness (QED) is 0.855. The van der Waals surface area contributed by atoms with Gasteiger partial charge in [0.1, 0.15) is 0 Å². The molecule has 0 saturated heterocycles. The molecule has 0 aliphatic heterocycles. The monoisotopic (exact) mass is 237 g/mol. The van der Waals surface area contributed by atoms with Crippen LogP contribution in [0, 0.1) is 11.3 Å². The molecule has 1 aromatic rings. The average molecular weight is 237 g/mol. The van der Waals surface area contributed by atoms with Crippen molar-refractivity contribution < 1.29 is 5.11 Å². The second-order valence-corrected chi connectivity index (χ2v) is 6.64. The lowest BCUT2D eigenvalue weighted by molar-refractivity contribution is -0.0580. The molecular formula is C13H23N3O. The third-order valence-electron chi connectivity index (χ3n) is 3.60. The van der Waals surface area contributed by atoms with Gasteiger partial charge in [0.25, 0.3) is 0 Å². The maximum absolute atomic E-state index is 10.8. The van der Waals surface area contributed by atoms with Crippen molar-refractivity contribution in [1.82, 2.24) is 15.0 Å². The molecule has 17 heavy (non-hydrogen) atoms. The Labute approximate surface area is 103 Å². The normalized spacial score (nSPS) is 32.6. The Hall–Kier alpha value is -0.900. The number of aryl methyl sites for hydroxylation is 1. The van der Waals surface area contributed by atoms with E-state index in [1.807, 2.05) is 13.2 Å². The van der Waals surface area contributed by atoms with E-state index in [2.05, 4.69) is 31.1 Å². The zero-order valence-corrected chi connectivity index (χ0v) is 11.3. The highest BCUT2D eigenvalue weighted by Gasteiger charge is 2.41. The van der Waals surface area contributed by atoms with Crippen LogP contribution in [0.5, 0.6) is 0 Å². The third kappa shape index (κ3) is 3.06. The van der Waals surface area contributed by atoms with Crippen LogP contribution in [0.4, 0.5) is 0 Å². The standard InChI is InChI=1S/C13H23N3O/c1-10-5-12(2,3)9-13(17,6-10)7-11-8-16(4)15-14-11/h8,10,17H,5-7,9H2,1-4H3. The maximum atomic E-state index is 10.8. The molecule has 2 unspecified atom stereocenters. The van der Waals surface area contributed by atoms with Gasteiger partial charge in [-0.25, -0.2) is 0 Å². The molecule has 1 heterocycles. The Morgan fingerprint density at radius 3 is 2.71 bits per heavy atom. The van der Waals surface area contributed by atoms with Gasteiger partial charge in [-0.05, 0) is 30.6 Å². The predicted molar refractivity (Wildman–Crippen MR) is 66.5 cm³/mol. The lowest BCUT2D eigenvalue weighted by atomic mass is 9.64. The largest absolute Gasteiger partial charge is 0.389 e. The van der Waals surface area contributed by atoms with Gasteiger partial charge in [-0.3, -0.25) is 4.68 Å². The number of hydrogen-bond acceptors (Lipinski definition) is 3. The molecule has 2 rings (SSSR count). The van der Waals surface area contributed by atoms with Crippen molar-refractivity contribution in [1.29, 1.82) is 0 Å². The van der Waals surface area contributed by atoms with Crippen LogP contribution in [0.3, 0.4) is 0 Å². The Morgan fingerprint density at radius 2 is 2.18 bits per heavy atom. The molecule has 0 amide bonds. The van der Waals surface area contributed by atoms with Crippen LogP contribution in [0.15, 0.2) is 6.20 Å². The number of aliphatic hydroxyl groups is 1. The molecule has 96 valence electrons. The van der Waals surface area contributed by atoms with Crippen LogP contribution in [0.1, 0.15) is 45.7 Å². The fraction of sp³-hybridized carbons (Fsp3) is 0.846. The maximum Gasteiger partial charge on any atom is 0.0855 e. The van der Waals surface area contributed by atoms with Crippen molar-refractivity contribution in [3.05, 3.63) is 11.9 Å². The van der Waals surface area contributed by atoms with Gasteiger partial charge < -0.3 is 5.11 Å². The van der Waals surface area contributed by atoms with Gasteiger partial charge in [0.15, 0.2) is 0 Å². The number of rotatable bonds is 2. The Balaban J connectivity index is 2.12. The van der Waals surface area contributed by atoms with Crippen molar-refractivity contribution in [3.63, 3.8) is 0 Å². The van der Waals surface area contributed by atoms with Gasteiger partial charge in [-0.15, -0.1) is 5.10 Å². The fourth-order valence-electron chi connectivity index (χ4n) is 3.65. The Morgan fingerprint density at radius 1 is 1.47 bits per heavy atom. The summed E-state index contributed by atoms with van der Waals surface area (Å²) in [6.45, 7) is 6.71. The van der Waals surface area contributed by atoms with Crippen molar-refractivity contribution >= 4 is 0 Å². The van der Waals surface area contributed by atoms with Crippen LogP contribution in [0.25, 0.3) is 0 Å². The summed E-state index contributed by atoms with van der Waals surface area (Å²) in [5.41, 5.74) is 0.492. The van der Waals surface area contributed by atoms with Crippen molar-refractivity contribution in [3.8, 4) is 0 Å². The van der Waals surface area contributed by atoms with Gasteiger partial charge in [-0.1, -0.05) is 26.0 Å². The first-order chi connectivity index (χ1) is 7.78. The molecule has 1 fully saturated rings. The Bertz CT molecular complexity index is 399. The van der Waals surface area contributed by atoms with Crippen LogP contribution < -0.4 is 0 Å². The van der Waals surface area contributed by atoms with E-state index in [0.29, 0.717) is 12.3 Å². The summed E-state index contributed by atoms with van der Waals surface area (Å²) in [4.78, 5) is 0. The summed E-state index contributed by atoms with van der Waals surface area (Å²) < 4.78 is 1.69. The molecule has 0 bridgehead atoms. The summed E-state index contributed by atoms with van der Waals surface area (Å²) in [7, 11) is 1.86. The molecule has 0 spiro atoms. The molecule has 1 saturated carbocycles. The zero-order valence-electron chi connectivity index (χ0n) is 11.3. The molecule has 1 N–H and O–H groups in total. The summed E-state index contributed by atoms with van der Waals surface area (Å²) in [5, 5.41) is 18.8. The second-order valence-electron chi connectivity index (χ2n) is 6.64. The minimum Gasteiger partial charge on any atom is -0.389 e. The lowest BCUT2D eigenvalue weighted by Crippen LogP contribution is -2.43. The van der Waals surface area contributed by atoms with Gasteiger partial charge >= 0.3 is 0 Å². The lowest BCUT2D eigenvalue weighted by Gasteiger charge is -2.44. The van der Waals surface area contributed by atoms with Crippen LogP contribution in [-0.2, 0) is 13.5 Å². The van der Waals surface area contributed by atoms with E-state index >= 15 is 0 Å². The minimum atomic E-state index is -0.614. The highest BCUT2D eigenvalue weighted by Crippen LogP contribution is 2.44. The van der Waals surface area contributed by atoms with E-state index in [1.54, 1.807) is 4.68 Å². The zero-order chi connectivity index (χ0) is 12.7. The van der Waals surface area contributed by atoms with E-state index in [4.69, 9.17) is 0 Å². The molecule has 1 aromatic heterocycles. The third-order valence-corrected chi connectivity index (χ3v) is 3.60. The molecule has 1 aliphatic rings. The van der Waals surface area contributed by atoms with Gasteiger partial charge in [-0.2, -0.15) is 0 Å². The first-order valence-corrected chi connectivity index (χ1v) is 6.36. The number of nitrogens with zero attached hydrogens (tertiary/aromatic N) is 3. The van der Waals surface area contributed by atoms with E-state index < -0.39 is 5.60 Å². The molecule has 4 nitrogen and oxygen atoms in total. The van der Waals surface area contributed by atoms with Gasteiger partial charge in [0, 0.05) is 19.7 Å². The van der Waals surface area contributed by atoms with Gasteiger partial charge in [0.05, 0.1) is 11.3 Å². The van der Waals surface area contributed by atoms with Crippen LogP contribution in [0.2, 0.25) is 0 Å². The van der Waals surface area contributed by atoms with E-state index in [9.17, 15) is 5.11 Å². The average Bonchev–Trinajstić information content (AvgIpc) is 2.44. The summed E-state index contributed by atoms with van der Waals surface area (Å²) in [6.07, 6.45) is 5.42. The van der Waals surface area contributed by atoms with E-state index in [-0.39, 0.29) is 5.41 Å². The number of hydrogen-bond donors (Lipinski definition) is 1. The first-order valence-electron chi connectivity index (χ1n) is 6.36. The molecule has 4 heteroatoms. The molecule has 0 aromatic carbocycles. The SMILES string of the molecule is CC1CC(C)(C)CC(O)(Cc2cn(C)nn2)C1. The van der Waals surface area contributed by atoms with Crippen LogP contribution in [-0.4, -0.2) is 25.7 Å². The minimum absolute atomic E-state index is 0.217. The first kappa shape index (κ1) is 12.6. The smallest absolute Gasteiger partial charge is 0.0855 e. The molecular weight excluding hydrogens is 214 g/mol.